The molecule has 0 amide bonds. The van der Waals surface area contributed by atoms with E-state index in [1.165, 1.54) is 24.3 Å². The van der Waals surface area contributed by atoms with Crippen LogP contribution >= 0.6 is 0 Å². The van der Waals surface area contributed by atoms with E-state index in [4.69, 9.17) is 9.47 Å². The number of hydrogen-bond donors (Lipinski definition) is 0. The van der Waals surface area contributed by atoms with Crippen molar-refractivity contribution in [1.82, 2.24) is 0 Å². The van der Waals surface area contributed by atoms with E-state index in [9.17, 15) is 13.2 Å². The molecular formula is C23H27F3O2. The van der Waals surface area contributed by atoms with E-state index in [-0.39, 0.29) is 28.9 Å². The molecule has 1 aliphatic rings. The van der Waals surface area contributed by atoms with Gasteiger partial charge in [0.2, 0.25) is 0 Å². The Morgan fingerprint density at radius 1 is 1.04 bits per heavy atom. The summed E-state index contributed by atoms with van der Waals surface area (Å²) in [6.07, 6.45) is 5.11. The smallest absolute Gasteiger partial charge is 0.166 e. The molecule has 0 bridgehead atoms. The highest BCUT2D eigenvalue weighted by Crippen LogP contribution is 2.35. The van der Waals surface area contributed by atoms with Crippen LogP contribution in [0, 0.1) is 17.5 Å². The lowest BCUT2D eigenvalue weighted by atomic mass is 9.88. The summed E-state index contributed by atoms with van der Waals surface area (Å²) < 4.78 is 54.6. The van der Waals surface area contributed by atoms with E-state index in [1.807, 2.05) is 0 Å². The number of ether oxygens (including phenoxy) is 2. The Kier molecular flexibility index (Phi) is 7.00. The topological polar surface area (TPSA) is 18.5 Å². The largest absolute Gasteiger partial charge is 0.491 e. The lowest BCUT2D eigenvalue weighted by Crippen LogP contribution is -2.25. The average Bonchev–Trinajstić information content (AvgIpc) is 2.71. The highest BCUT2D eigenvalue weighted by molar-refractivity contribution is 5.66. The summed E-state index contributed by atoms with van der Waals surface area (Å²) in [5, 5.41) is 0. The van der Waals surface area contributed by atoms with E-state index >= 15 is 0 Å². The molecule has 0 aliphatic carbocycles. The summed E-state index contributed by atoms with van der Waals surface area (Å²) in [7, 11) is 0. The molecule has 0 N–H and O–H groups in total. The second kappa shape index (κ2) is 9.46. The van der Waals surface area contributed by atoms with Gasteiger partial charge in [-0.1, -0.05) is 38.0 Å². The second-order valence-electron chi connectivity index (χ2n) is 7.28. The Labute approximate surface area is 164 Å². The van der Waals surface area contributed by atoms with E-state index in [0.717, 1.165) is 32.1 Å². The van der Waals surface area contributed by atoms with Crippen LogP contribution in [0.1, 0.15) is 57.4 Å². The molecule has 1 heterocycles. The van der Waals surface area contributed by atoms with Crippen LogP contribution in [0.3, 0.4) is 0 Å². The number of halogens is 3. The highest BCUT2D eigenvalue weighted by Gasteiger charge is 2.27. The van der Waals surface area contributed by atoms with Crippen LogP contribution in [0.15, 0.2) is 30.3 Å². The van der Waals surface area contributed by atoms with Crippen molar-refractivity contribution in [2.75, 3.05) is 13.2 Å². The molecule has 1 aliphatic heterocycles. The van der Waals surface area contributed by atoms with Gasteiger partial charge in [0.15, 0.2) is 23.2 Å². The Hall–Kier alpha value is -2.01. The van der Waals surface area contributed by atoms with Crippen molar-refractivity contribution in [1.29, 1.82) is 0 Å². The summed E-state index contributed by atoms with van der Waals surface area (Å²) in [5.74, 6) is -2.47. The van der Waals surface area contributed by atoms with E-state index in [2.05, 4.69) is 6.92 Å². The zero-order chi connectivity index (χ0) is 20.1. The lowest BCUT2D eigenvalue weighted by Gasteiger charge is -2.29. The van der Waals surface area contributed by atoms with Crippen LogP contribution in [-0.4, -0.2) is 19.3 Å². The van der Waals surface area contributed by atoms with Crippen LogP contribution in [0.25, 0.3) is 11.1 Å². The third-order valence-corrected chi connectivity index (χ3v) is 5.34. The maximum atomic E-state index is 14.8. The standard InChI is InChI=1S/C23H27F3O2/c1-3-5-6-17-9-7-16(14-28-17)19-11-10-18(22(25)23(19)26)15-8-12-21(27-4-2)20(24)13-15/h8,10-13,16-17H,3-7,9,14H2,1-2H3. The summed E-state index contributed by atoms with van der Waals surface area (Å²) in [6.45, 7) is 4.63. The highest BCUT2D eigenvalue weighted by atomic mass is 19.2. The van der Waals surface area contributed by atoms with E-state index in [0.29, 0.717) is 18.8 Å². The van der Waals surface area contributed by atoms with Gasteiger partial charge in [-0.05, 0) is 49.4 Å². The minimum absolute atomic E-state index is 0.0424. The Balaban J connectivity index is 1.78. The van der Waals surface area contributed by atoms with Gasteiger partial charge in [0.1, 0.15) is 0 Å². The first-order valence-corrected chi connectivity index (χ1v) is 10.1. The number of benzene rings is 2. The fourth-order valence-corrected chi connectivity index (χ4v) is 3.75. The molecule has 1 fully saturated rings. The first-order chi connectivity index (χ1) is 13.5. The maximum absolute atomic E-state index is 14.8. The third-order valence-electron chi connectivity index (χ3n) is 5.34. The van der Waals surface area contributed by atoms with Crippen LogP contribution in [0.5, 0.6) is 5.75 Å². The van der Waals surface area contributed by atoms with Crippen LogP contribution in [0.4, 0.5) is 13.2 Å². The molecule has 0 radical (unpaired) electrons. The van der Waals surface area contributed by atoms with Gasteiger partial charge >= 0.3 is 0 Å². The zero-order valence-corrected chi connectivity index (χ0v) is 16.4. The molecule has 0 saturated carbocycles. The Morgan fingerprint density at radius 2 is 1.86 bits per heavy atom. The molecule has 2 aromatic carbocycles. The molecule has 2 nitrogen and oxygen atoms in total. The Morgan fingerprint density at radius 3 is 2.50 bits per heavy atom. The fraction of sp³-hybridized carbons (Fsp3) is 0.478. The fourth-order valence-electron chi connectivity index (χ4n) is 3.75. The molecular weight excluding hydrogens is 365 g/mol. The van der Waals surface area contributed by atoms with Gasteiger partial charge in [-0.25, -0.2) is 13.2 Å². The second-order valence-corrected chi connectivity index (χ2v) is 7.28. The van der Waals surface area contributed by atoms with Crippen molar-refractivity contribution in [2.24, 2.45) is 0 Å². The lowest BCUT2D eigenvalue weighted by molar-refractivity contribution is -0.00258. The molecule has 5 heteroatoms. The van der Waals surface area contributed by atoms with Crippen LogP contribution in [-0.2, 0) is 4.74 Å². The van der Waals surface area contributed by atoms with Crippen molar-refractivity contribution in [3.05, 3.63) is 53.3 Å². The molecule has 152 valence electrons. The summed E-state index contributed by atoms with van der Waals surface area (Å²) in [5.41, 5.74) is 0.658. The van der Waals surface area contributed by atoms with Gasteiger partial charge in [0.05, 0.1) is 19.3 Å². The van der Waals surface area contributed by atoms with Gasteiger partial charge in [0.25, 0.3) is 0 Å². The molecule has 3 rings (SSSR count). The summed E-state index contributed by atoms with van der Waals surface area (Å²) in [4.78, 5) is 0. The van der Waals surface area contributed by atoms with Gasteiger partial charge in [-0.3, -0.25) is 0 Å². The van der Waals surface area contributed by atoms with Gasteiger partial charge in [0, 0.05) is 11.5 Å². The van der Waals surface area contributed by atoms with E-state index < -0.39 is 17.5 Å². The number of rotatable bonds is 7. The van der Waals surface area contributed by atoms with Crippen molar-refractivity contribution >= 4 is 0 Å². The SMILES string of the molecule is CCCCC1CCC(c2ccc(-c3ccc(OCC)c(F)c3)c(F)c2F)CO1. The monoisotopic (exact) mass is 392 g/mol. The molecule has 0 spiro atoms. The predicted molar refractivity (Wildman–Crippen MR) is 104 cm³/mol. The summed E-state index contributed by atoms with van der Waals surface area (Å²) in [6, 6.07) is 7.26. The number of hydrogen-bond acceptors (Lipinski definition) is 2. The predicted octanol–water partition coefficient (Wildman–Crippen LogP) is 6.62. The number of unbranched alkanes of at least 4 members (excludes halogenated alkanes) is 1. The third kappa shape index (κ3) is 4.52. The van der Waals surface area contributed by atoms with Gasteiger partial charge in [-0.15, -0.1) is 0 Å². The molecule has 1 saturated heterocycles. The minimum atomic E-state index is -0.950. The van der Waals surface area contributed by atoms with Gasteiger partial charge < -0.3 is 9.47 Å². The minimum Gasteiger partial charge on any atom is -0.491 e. The average molecular weight is 392 g/mol. The molecule has 2 unspecified atom stereocenters. The first-order valence-electron chi connectivity index (χ1n) is 10.1. The quantitative estimate of drug-likeness (QED) is 0.527. The Bertz CT molecular complexity index is 799. The van der Waals surface area contributed by atoms with Crippen molar-refractivity contribution in [2.45, 2.75) is 58.0 Å². The zero-order valence-electron chi connectivity index (χ0n) is 16.4. The van der Waals surface area contributed by atoms with Crippen molar-refractivity contribution < 1.29 is 22.6 Å². The van der Waals surface area contributed by atoms with Crippen LogP contribution in [0.2, 0.25) is 0 Å². The summed E-state index contributed by atoms with van der Waals surface area (Å²) >= 11 is 0. The molecule has 2 atom stereocenters. The first kappa shape index (κ1) is 20.7. The molecule has 2 aromatic rings. The van der Waals surface area contributed by atoms with Crippen LogP contribution < -0.4 is 4.74 Å². The molecule has 28 heavy (non-hydrogen) atoms. The van der Waals surface area contributed by atoms with E-state index in [1.54, 1.807) is 13.0 Å². The normalized spacial score (nSPS) is 19.6. The van der Waals surface area contributed by atoms with Crippen molar-refractivity contribution in [3.63, 3.8) is 0 Å². The molecule has 0 aromatic heterocycles. The maximum Gasteiger partial charge on any atom is 0.166 e. The van der Waals surface area contributed by atoms with Gasteiger partial charge in [-0.2, -0.15) is 0 Å². The van der Waals surface area contributed by atoms with Crippen molar-refractivity contribution in [3.8, 4) is 16.9 Å².